The number of aliphatic hydroxyl groups excluding tert-OH is 1. The van der Waals surface area contributed by atoms with Crippen molar-refractivity contribution in [2.24, 2.45) is 5.92 Å². The van der Waals surface area contributed by atoms with Gasteiger partial charge in [-0.25, -0.2) is 9.97 Å². The minimum atomic E-state index is 0.00442. The van der Waals surface area contributed by atoms with Crippen LogP contribution in [0.1, 0.15) is 38.2 Å². The van der Waals surface area contributed by atoms with E-state index in [1.54, 1.807) is 12.4 Å². The van der Waals surface area contributed by atoms with Crippen molar-refractivity contribution in [1.82, 2.24) is 9.97 Å². The van der Waals surface area contributed by atoms with Crippen LogP contribution < -0.4 is 4.90 Å². The smallest absolute Gasteiger partial charge is 0.225 e. The molecule has 1 aliphatic rings. The summed E-state index contributed by atoms with van der Waals surface area (Å²) in [6, 6.07) is 0.554. The van der Waals surface area contributed by atoms with Crippen molar-refractivity contribution >= 4 is 5.95 Å². The lowest BCUT2D eigenvalue weighted by atomic mass is 9.86. The molecule has 0 aliphatic heterocycles. The molecular formula is C13H21N3O. The quantitative estimate of drug-likeness (QED) is 0.870. The number of aromatic nitrogens is 2. The van der Waals surface area contributed by atoms with E-state index < -0.39 is 0 Å². The summed E-state index contributed by atoms with van der Waals surface area (Å²) >= 11 is 0. The normalized spacial score (nSPS) is 24.6. The van der Waals surface area contributed by atoms with Crippen LogP contribution in [-0.4, -0.2) is 28.2 Å². The summed E-state index contributed by atoms with van der Waals surface area (Å²) < 4.78 is 0. The van der Waals surface area contributed by atoms with Crippen LogP contribution in [0.25, 0.3) is 0 Å². The maximum absolute atomic E-state index is 8.96. The van der Waals surface area contributed by atoms with Crippen molar-refractivity contribution in [3.05, 3.63) is 18.0 Å². The molecule has 1 N–H and O–H groups in total. The molecule has 1 fully saturated rings. The Hall–Kier alpha value is -1.16. The van der Waals surface area contributed by atoms with Crippen LogP contribution in [0.4, 0.5) is 5.95 Å². The molecule has 0 amide bonds. The summed E-state index contributed by atoms with van der Waals surface area (Å²) in [4.78, 5) is 10.8. The number of aliphatic hydroxyl groups is 1. The SMILES string of the molecule is CC1CCCC(N(C)c2ncc(CO)cn2)C1. The molecule has 2 atom stereocenters. The van der Waals surface area contributed by atoms with Gasteiger partial charge in [-0.2, -0.15) is 0 Å². The van der Waals surface area contributed by atoms with Crippen LogP contribution >= 0.6 is 0 Å². The summed E-state index contributed by atoms with van der Waals surface area (Å²) in [5.74, 6) is 1.56. The number of rotatable bonds is 3. The fourth-order valence-corrected chi connectivity index (χ4v) is 2.53. The molecule has 1 saturated carbocycles. The van der Waals surface area contributed by atoms with E-state index in [4.69, 9.17) is 5.11 Å². The summed E-state index contributed by atoms with van der Waals surface area (Å²) in [6.07, 6.45) is 8.49. The highest BCUT2D eigenvalue weighted by Gasteiger charge is 2.23. The largest absolute Gasteiger partial charge is 0.392 e. The van der Waals surface area contributed by atoms with Gasteiger partial charge < -0.3 is 10.0 Å². The third-order valence-electron chi connectivity index (χ3n) is 3.65. The van der Waals surface area contributed by atoms with Crippen molar-refractivity contribution in [2.45, 2.75) is 45.3 Å². The molecule has 17 heavy (non-hydrogen) atoms. The Kier molecular flexibility index (Phi) is 3.94. The first kappa shape index (κ1) is 12.3. The van der Waals surface area contributed by atoms with Crippen molar-refractivity contribution < 1.29 is 5.11 Å². The summed E-state index contributed by atoms with van der Waals surface area (Å²) in [7, 11) is 2.07. The zero-order valence-electron chi connectivity index (χ0n) is 10.6. The lowest BCUT2D eigenvalue weighted by Crippen LogP contribution is -2.36. The number of nitrogens with zero attached hydrogens (tertiary/aromatic N) is 3. The molecule has 1 aromatic rings. The molecule has 94 valence electrons. The van der Waals surface area contributed by atoms with E-state index in [2.05, 4.69) is 28.8 Å². The second kappa shape index (κ2) is 5.45. The maximum Gasteiger partial charge on any atom is 0.225 e. The fourth-order valence-electron chi connectivity index (χ4n) is 2.53. The average Bonchev–Trinajstić information content (AvgIpc) is 2.38. The van der Waals surface area contributed by atoms with Gasteiger partial charge in [0.05, 0.1) is 6.61 Å². The van der Waals surface area contributed by atoms with E-state index in [0.717, 1.165) is 17.4 Å². The van der Waals surface area contributed by atoms with Gasteiger partial charge in [-0.15, -0.1) is 0 Å². The highest BCUT2D eigenvalue weighted by atomic mass is 16.3. The summed E-state index contributed by atoms with van der Waals surface area (Å²) in [5, 5.41) is 8.96. The fraction of sp³-hybridized carbons (Fsp3) is 0.692. The molecule has 2 unspecified atom stereocenters. The Bertz CT molecular complexity index is 352. The Balaban J connectivity index is 2.04. The molecule has 0 spiro atoms. The van der Waals surface area contributed by atoms with E-state index in [1.807, 2.05) is 0 Å². The first-order chi connectivity index (χ1) is 8.20. The van der Waals surface area contributed by atoms with Gasteiger partial charge in [0.1, 0.15) is 0 Å². The van der Waals surface area contributed by atoms with Crippen molar-refractivity contribution in [3.63, 3.8) is 0 Å². The Labute approximate surface area is 103 Å². The van der Waals surface area contributed by atoms with E-state index >= 15 is 0 Å². The van der Waals surface area contributed by atoms with Crippen LogP contribution in [-0.2, 0) is 6.61 Å². The molecule has 1 aromatic heterocycles. The van der Waals surface area contributed by atoms with Gasteiger partial charge >= 0.3 is 0 Å². The van der Waals surface area contributed by atoms with Gasteiger partial charge in [-0.3, -0.25) is 0 Å². The molecule has 0 saturated heterocycles. The van der Waals surface area contributed by atoms with Crippen molar-refractivity contribution in [1.29, 1.82) is 0 Å². The summed E-state index contributed by atoms with van der Waals surface area (Å²) in [5.41, 5.74) is 0.763. The third kappa shape index (κ3) is 2.94. The monoisotopic (exact) mass is 235 g/mol. The molecule has 2 rings (SSSR count). The number of hydrogen-bond donors (Lipinski definition) is 1. The van der Waals surface area contributed by atoms with E-state index in [0.29, 0.717) is 6.04 Å². The molecule has 4 heteroatoms. The van der Waals surface area contributed by atoms with E-state index in [-0.39, 0.29) is 6.61 Å². The Morgan fingerprint density at radius 1 is 1.35 bits per heavy atom. The van der Waals surface area contributed by atoms with Gasteiger partial charge in [-0.1, -0.05) is 19.8 Å². The van der Waals surface area contributed by atoms with Gasteiger partial charge in [0.2, 0.25) is 5.95 Å². The van der Waals surface area contributed by atoms with Gasteiger partial charge in [0.15, 0.2) is 0 Å². The van der Waals surface area contributed by atoms with Gasteiger partial charge in [0.25, 0.3) is 0 Å². The minimum Gasteiger partial charge on any atom is -0.392 e. The van der Waals surface area contributed by atoms with E-state index in [1.165, 1.54) is 25.7 Å². The van der Waals surface area contributed by atoms with Crippen molar-refractivity contribution in [3.8, 4) is 0 Å². The molecule has 1 heterocycles. The minimum absolute atomic E-state index is 0.00442. The average molecular weight is 235 g/mol. The zero-order chi connectivity index (χ0) is 12.3. The maximum atomic E-state index is 8.96. The lowest BCUT2D eigenvalue weighted by Gasteiger charge is -2.34. The van der Waals surface area contributed by atoms with Crippen molar-refractivity contribution in [2.75, 3.05) is 11.9 Å². The van der Waals surface area contributed by atoms with Crippen LogP contribution in [0.2, 0.25) is 0 Å². The van der Waals surface area contributed by atoms with Crippen LogP contribution in [0, 0.1) is 5.92 Å². The second-order valence-corrected chi connectivity index (χ2v) is 5.09. The molecule has 4 nitrogen and oxygen atoms in total. The second-order valence-electron chi connectivity index (χ2n) is 5.09. The predicted octanol–water partition coefficient (Wildman–Crippen LogP) is 1.98. The highest BCUT2D eigenvalue weighted by molar-refractivity contribution is 5.30. The molecule has 0 radical (unpaired) electrons. The summed E-state index contributed by atoms with van der Waals surface area (Å²) in [6.45, 7) is 2.32. The standard InChI is InChI=1S/C13H21N3O/c1-10-4-3-5-12(6-10)16(2)13-14-7-11(9-17)8-15-13/h7-8,10,12,17H,3-6,9H2,1-2H3. The predicted molar refractivity (Wildman–Crippen MR) is 67.8 cm³/mol. The number of hydrogen-bond acceptors (Lipinski definition) is 4. The van der Waals surface area contributed by atoms with Gasteiger partial charge in [-0.05, 0) is 18.8 Å². The Morgan fingerprint density at radius 2 is 2.06 bits per heavy atom. The first-order valence-electron chi connectivity index (χ1n) is 6.35. The van der Waals surface area contributed by atoms with Crippen LogP contribution in [0.3, 0.4) is 0 Å². The topological polar surface area (TPSA) is 49.2 Å². The van der Waals surface area contributed by atoms with Gasteiger partial charge in [0, 0.05) is 31.0 Å². The molecular weight excluding hydrogens is 214 g/mol. The van der Waals surface area contributed by atoms with Crippen LogP contribution in [0.5, 0.6) is 0 Å². The molecule has 0 aromatic carbocycles. The zero-order valence-corrected chi connectivity index (χ0v) is 10.6. The third-order valence-corrected chi connectivity index (χ3v) is 3.65. The highest BCUT2D eigenvalue weighted by Crippen LogP contribution is 2.28. The van der Waals surface area contributed by atoms with E-state index in [9.17, 15) is 0 Å². The molecule has 0 bridgehead atoms. The van der Waals surface area contributed by atoms with Crippen LogP contribution in [0.15, 0.2) is 12.4 Å². The first-order valence-corrected chi connectivity index (χ1v) is 6.35. The Morgan fingerprint density at radius 3 is 2.65 bits per heavy atom. The molecule has 1 aliphatic carbocycles. The number of anilines is 1. The lowest BCUT2D eigenvalue weighted by molar-refractivity contribution is 0.281.